The Labute approximate surface area is 104 Å². The van der Waals surface area contributed by atoms with Gasteiger partial charge in [-0.15, -0.1) is 0 Å². The van der Waals surface area contributed by atoms with E-state index in [2.05, 4.69) is 36.7 Å². The summed E-state index contributed by atoms with van der Waals surface area (Å²) < 4.78 is 2.15. The van der Waals surface area contributed by atoms with Crippen LogP contribution >= 0.6 is 0 Å². The van der Waals surface area contributed by atoms with Gasteiger partial charge in [-0.05, 0) is 37.5 Å². The van der Waals surface area contributed by atoms with Crippen molar-refractivity contribution in [1.29, 1.82) is 0 Å². The van der Waals surface area contributed by atoms with Gasteiger partial charge < -0.3 is 5.73 Å². The molecule has 2 rings (SSSR count). The number of nitrogens with two attached hydrogens (primary N) is 1. The fraction of sp³-hybridized carbons (Fsp3) is 0.786. The number of hydrogen-bond acceptors (Lipinski definition) is 2. The fourth-order valence-corrected chi connectivity index (χ4v) is 3.10. The average Bonchev–Trinajstić information content (AvgIpc) is 2.76. The van der Waals surface area contributed by atoms with Crippen LogP contribution in [0.2, 0.25) is 0 Å². The molecule has 1 fully saturated rings. The summed E-state index contributed by atoms with van der Waals surface area (Å²) in [5, 5.41) is 4.51. The third-order valence-corrected chi connectivity index (χ3v) is 4.02. The quantitative estimate of drug-likeness (QED) is 0.873. The summed E-state index contributed by atoms with van der Waals surface area (Å²) in [5.41, 5.74) is 7.22. The summed E-state index contributed by atoms with van der Waals surface area (Å²) in [6.07, 6.45) is 8.95. The van der Waals surface area contributed by atoms with Gasteiger partial charge in [-0.25, -0.2) is 0 Å². The Morgan fingerprint density at radius 1 is 1.35 bits per heavy atom. The molecule has 0 aromatic carbocycles. The molecule has 1 aliphatic rings. The molecule has 96 valence electrons. The molecular weight excluding hydrogens is 210 g/mol. The molecule has 17 heavy (non-hydrogen) atoms. The van der Waals surface area contributed by atoms with Crippen LogP contribution in [0.5, 0.6) is 0 Å². The predicted octanol–water partition coefficient (Wildman–Crippen LogP) is 3.29. The van der Waals surface area contributed by atoms with E-state index in [0.717, 1.165) is 18.3 Å². The van der Waals surface area contributed by atoms with E-state index in [1.54, 1.807) is 0 Å². The molecule has 1 heterocycles. The molecule has 1 aliphatic carbocycles. The van der Waals surface area contributed by atoms with Crippen molar-refractivity contribution in [3.05, 3.63) is 18.0 Å². The van der Waals surface area contributed by atoms with E-state index in [1.807, 2.05) is 6.20 Å². The molecule has 0 bridgehead atoms. The highest BCUT2D eigenvalue weighted by Crippen LogP contribution is 2.35. The van der Waals surface area contributed by atoms with Gasteiger partial charge in [0.05, 0.1) is 12.2 Å². The Bertz CT molecular complexity index is 348. The van der Waals surface area contributed by atoms with Gasteiger partial charge in [-0.3, -0.25) is 4.68 Å². The van der Waals surface area contributed by atoms with Gasteiger partial charge in [0, 0.05) is 17.8 Å². The van der Waals surface area contributed by atoms with Crippen LogP contribution in [0.3, 0.4) is 0 Å². The molecule has 1 aromatic rings. The lowest BCUT2D eigenvalue weighted by molar-refractivity contribution is 0.210. The van der Waals surface area contributed by atoms with Crippen LogP contribution < -0.4 is 5.73 Å². The van der Waals surface area contributed by atoms with Gasteiger partial charge in [0.15, 0.2) is 0 Å². The Kier molecular flexibility index (Phi) is 3.87. The lowest BCUT2D eigenvalue weighted by Crippen LogP contribution is -2.23. The minimum Gasteiger partial charge on any atom is -0.324 e. The van der Waals surface area contributed by atoms with Gasteiger partial charge in [0.25, 0.3) is 0 Å². The second-order valence-electron chi connectivity index (χ2n) is 5.84. The van der Waals surface area contributed by atoms with Crippen molar-refractivity contribution in [3.8, 4) is 0 Å². The summed E-state index contributed by atoms with van der Waals surface area (Å²) in [7, 11) is 0. The molecular formula is C14H25N3. The SMILES string of the molecule is CCC(N)c1cnn(C2CC(C)CC(C)C2)c1. The van der Waals surface area contributed by atoms with Crippen molar-refractivity contribution >= 4 is 0 Å². The normalized spacial score (nSPS) is 31.4. The monoisotopic (exact) mass is 235 g/mol. The van der Waals surface area contributed by atoms with Crippen molar-refractivity contribution < 1.29 is 0 Å². The molecule has 0 saturated heterocycles. The predicted molar refractivity (Wildman–Crippen MR) is 70.7 cm³/mol. The van der Waals surface area contributed by atoms with Gasteiger partial charge in [0.2, 0.25) is 0 Å². The highest BCUT2D eigenvalue weighted by Gasteiger charge is 2.25. The topological polar surface area (TPSA) is 43.8 Å². The molecule has 0 aliphatic heterocycles. The lowest BCUT2D eigenvalue weighted by Gasteiger charge is -2.31. The van der Waals surface area contributed by atoms with Crippen LogP contribution in [0.4, 0.5) is 0 Å². The standard InChI is InChI=1S/C14H25N3/c1-4-14(15)12-8-16-17(9-12)13-6-10(2)5-11(3)7-13/h8-11,13-14H,4-7,15H2,1-3H3. The van der Waals surface area contributed by atoms with E-state index >= 15 is 0 Å². The van der Waals surface area contributed by atoms with Crippen LogP contribution in [0.15, 0.2) is 12.4 Å². The summed E-state index contributed by atoms with van der Waals surface area (Å²) in [6.45, 7) is 6.82. The number of nitrogens with zero attached hydrogens (tertiary/aromatic N) is 2. The van der Waals surface area contributed by atoms with Crippen molar-refractivity contribution in [1.82, 2.24) is 9.78 Å². The molecule has 3 nitrogen and oxygen atoms in total. The molecule has 0 amide bonds. The summed E-state index contributed by atoms with van der Waals surface area (Å²) in [4.78, 5) is 0. The molecule has 1 saturated carbocycles. The zero-order chi connectivity index (χ0) is 12.4. The van der Waals surface area contributed by atoms with Crippen LogP contribution in [-0.2, 0) is 0 Å². The summed E-state index contributed by atoms with van der Waals surface area (Å²) >= 11 is 0. The maximum Gasteiger partial charge on any atom is 0.0537 e. The minimum atomic E-state index is 0.141. The van der Waals surface area contributed by atoms with Gasteiger partial charge >= 0.3 is 0 Å². The van der Waals surface area contributed by atoms with Crippen molar-refractivity contribution in [2.24, 2.45) is 17.6 Å². The molecule has 0 radical (unpaired) electrons. The maximum absolute atomic E-state index is 6.04. The third-order valence-electron chi connectivity index (χ3n) is 4.02. The fourth-order valence-electron chi connectivity index (χ4n) is 3.10. The van der Waals surface area contributed by atoms with Gasteiger partial charge in [-0.1, -0.05) is 20.8 Å². The minimum absolute atomic E-state index is 0.141. The maximum atomic E-state index is 6.04. The van der Waals surface area contributed by atoms with Crippen molar-refractivity contribution in [3.63, 3.8) is 0 Å². The Balaban J connectivity index is 2.09. The van der Waals surface area contributed by atoms with E-state index in [1.165, 1.54) is 24.8 Å². The Morgan fingerprint density at radius 3 is 2.59 bits per heavy atom. The van der Waals surface area contributed by atoms with E-state index < -0.39 is 0 Å². The van der Waals surface area contributed by atoms with Gasteiger partial charge in [0.1, 0.15) is 0 Å². The van der Waals surface area contributed by atoms with Crippen molar-refractivity contribution in [2.45, 2.75) is 58.5 Å². The van der Waals surface area contributed by atoms with Crippen LogP contribution in [-0.4, -0.2) is 9.78 Å². The third kappa shape index (κ3) is 2.89. The number of aromatic nitrogens is 2. The molecule has 2 N–H and O–H groups in total. The van der Waals surface area contributed by atoms with Gasteiger partial charge in [-0.2, -0.15) is 5.10 Å². The van der Waals surface area contributed by atoms with E-state index in [0.29, 0.717) is 6.04 Å². The smallest absolute Gasteiger partial charge is 0.0537 e. The number of rotatable bonds is 3. The number of hydrogen-bond donors (Lipinski definition) is 1. The van der Waals surface area contributed by atoms with E-state index in [4.69, 9.17) is 5.73 Å². The molecule has 1 aromatic heterocycles. The molecule has 3 heteroatoms. The molecule has 3 unspecified atom stereocenters. The lowest BCUT2D eigenvalue weighted by atomic mass is 9.80. The highest BCUT2D eigenvalue weighted by atomic mass is 15.3. The van der Waals surface area contributed by atoms with E-state index in [-0.39, 0.29) is 6.04 Å². The first kappa shape index (κ1) is 12.6. The average molecular weight is 235 g/mol. The Hall–Kier alpha value is -0.830. The second kappa shape index (κ2) is 5.21. The van der Waals surface area contributed by atoms with Crippen molar-refractivity contribution in [2.75, 3.05) is 0 Å². The van der Waals surface area contributed by atoms with E-state index in [9.17, 15) is 0 Å². The zero-order valence-electron chi connectivity index (χ0n) is 11.3. The molecule has 0 spiro atoms. The first-order valence-corrected chi connectivity index (χ1v) is 6.89. The highest BCUT2D eigenvalue weighted by molar-refractivity contribution is 5.10. The summed E-state index contributed by atoms with van der Waals surface area (Å²) in [6, 6.07) is 0.716. The first-order chi connectivity index (χ1) is 8.10. The Morgan fingerprint density at radius 2 is 2.00 bits per heavy atom. The van der Waals surface area contributed by atoms with Crippen LogP contribution in [0, 0.1) is 11.8 Å². The largest absolute Gasteiger partial charge is 0.324 e. The molecule has 3 atom stereocenters. The van der Waals surface area contributed by atoms with Crippen LogP contribution in [0.25, 0.3) is 0 Å². The zero-order valence-corrected chi connectivity index (χ0v) is 11.3. The van der Waals surface area contributed by atoms with Crippen LogP contribution in [0.1, 0.15) is 64.1 Å². The first-order valence-electron chi connectivity index (χ1n) is 6.89. The second-order valence-corrected chi connectivity index (χ2v) is 5.84. The summed E-state index contributed by atoms with van der Waals surface area (Å²) in [5.74, 6) is 1.63.